The molecule has 0 aromatic heterocycles. The third kappa shape index (κ3) is 7.85. The predicted molar refractivity (Wildman–Crippen MR) is 70.4 cm³/mol. The van der Waals surface area contributed by atoms with E-state index in [0.29, 0.717) is 31.3 Å². The summed E-state index contributed by atoms with van der Waals surface area (Å²) in [6.45, 7) is 9.00. The second kappa shape index (κ2) is 11.7. The van der Waals surface area contributed by atoms with E-state index < -0.39 is 9.05 Å². The summed E-state index contributed by atoms with van der Waals surface area (Å²) in [6.07, 6.45) is 0.650. The zero-order chi connectivity index (χ0) is 11.7. The van der Waals surface area contributed by atoms with Crippen LogP contribution in [0.3, 0.4) is 0 Å². The van der Waals surface area contributed by atoms with Crippen molar-refractivity contribution in [2.45, 2.75) is 34.1 Å². The molecule has 0 aromatic rings. The van der Waals surface area contributed by atoms with E-state index >= 15 is 0 Å². The molecule has 91 valence electrons. The molecule has 0 unspecified atom stereocenters. The van der Waals surface area contributed by atoms with Gasteiger partial charge in [0.1, 0.15) is 5.05 Å². The van der Waals surface area contributed by atoms with E-state index in [1.54, 1.807) is 0 Å². The van der Waals surface area contributed by atoms with Crippen molar-refractivity contribution in [2.24, 2.45) is 0 Å². The Hall–Kier alpha value is 1.62. The van der Waals surface area contributed by atoms with Crippen LogP contribution >= 0.6 is 12.2 Å². The van der Waals surface area contributed by atoms with Crippen LogP contribution in [-0.4, -0.2) is 85.3 Å². The first-order valence-electron chi connectivity index (χ1n) is 5.27. The van der Waals surface area contributed by atoms with Crippen LogP contribution in [-0.2, 0) is 17.7 Å². The largest absolute Gasteiger partial charge is 0.750 e. The van der Waals surface area contributed by atoms with E-state index in [9.17, 15) is 0 Å². The molecule has 4 nitrogen and oxygen atoms in total. The molecular weight excluding hydrogens is 271 g/mol. The van der Waals surface area contributed by atoms with Gasteiger partial charge in [-0.15, -0.1) is 0 Å². The maximum absolute atomic E-state index is 5.51. The van der Waals surface area contributed by atoms with Gasteiger partial charge in [0, 0.05) is 77.6 Å². The van der Waals surface area contributed by atoms with Crippen LogP contribution < -0.4 is 0 Å². The normalized spacial score (nSPS) is 10.8. The SMILES string of the molecule is CCO[Si](OCC)(OCC)OC(=S)CC.[K]. The molecule has 0 saturated heterocycles. The van der Waals surface area contributed by atoms with Gasteiger partial charge in [0.05, 0.1) is 0 Å². The maximum Gasteiger partial charge on any atom is 0.750 e. The summed E-state index contributed by atoms with van der Waals surface area (Å²) in [5.74, 6) is 0. The molecule has 0 aliphatic rings. The Kier molecular flexibility index (Phi) is 14.6. The van der Waals surface area contributed by atoms with Gasteiger partial charge in [-0.1, -0.05) is 6.92 Å². The molecule has 0 N–H and O–H groups in total. The molecule has 0 spiro atoms. The van der Waals surface area contributed by atoms with E-state index in [1.807, 2.05) is 27.7 Å². The molecule has 16 heavy (non-hydrogen) atoms. The standard InChI is InChI=1S/C9H20O4SSi.K/c1-5-9(14)13-15(10-6-2,11-7-3)12-8-4;/h5-8H2,1-4H3;. The summed E-state index contributed by atoms with van der Waals surface area (Å²) in [5, 5.41) is 0.469. The van der Waals surface area contributed by atoms with Crippen molar-refractivity contribution in [1.82, 2.24) is 0 Å². The molecule has 0 heterocycles. The first-order valence-corrected chi connectivity index (χ1v) is 7.31. The third-order valence-electron chi connectivity index (χ3n) is 1.49. The fourth-order valence-corrected chi connectivity index (χ4v) is 3.17. The molecule has 0 rings (SSSR count). The molecule has 0 atom stereocenters. The minimum atomic E-state index is -3.02. The quantitative estimate of drug-likeness (QED) is 0.504. The van der Waals surface area contributed by atoms with Crippen LogP contribution in [0.1, 0.15) is 34.1 Å². The van der Waals surface area contributed by atoms with Gasteiger partial charge >= 0.3 is 9.05 Å². The average Bonchev–Trinajstić information content (AvgIpc) is 2.18. The van der Waals surface area contributed by atoms with Crippen LogP contribution in [0.2, 0.25) is 0 Å². The maximum atomic E-state index is 5.51. The minimum absolute atomic E-state index is 0. The zero-order valence-corrected chi connectivity index (χ0v) is 15.8. The summed E-state index contributed by atoms with van der Waals surface area (Å²) >= 11 is 5.02. The van der Waals surface area contributed by atoms with Crippen molar-refractivity contribution < 1.29 is 17.7 Å². The molecule has 0 amide bonds. The van der Waals surface area contributed by atoms with Crippen LogP contribution in [0.25, 0.3) is 0 Å². The summed E-state index contributed by atoms with van der Waals surface area (Å²) < 4.78 is 21.9. The van der Waals surface area contributed by atoms with Crippen molar-refractivity contribution in [3.63, 3.8) is 0 Å². The summed E-state index contributed by atoms with van der Waals surface area (Å²) in [4.78, 5) is 0. The molecular formula is C9H20KO4SSi. The van der Waals surface area contributed by atoms with E-state index in [4.69, 9.17) is 29.9 Å². The van der Waals surface area contributed by atoms with Crippen molar-refractivity contribution in [1.29, 1.82) is 0 Å². The van der Waals surface area contributed by atoms with Crippen molar-refractivity contribution in [2.75, 3.05) is 19.8 Å². The molecule has 0 bridgehead atoms. The molecule has 0 aromatic carbocycles. The van der Waals surface area contributed by atoms with Crippen LogP contribution in [0.4, 0.5) is 0 Å². The Morgan fingerprint density at radius 1 is 0.938 bits per heavy atom. The van der Waals surface area contributed by atoms with Gasteiger partial charge < -0.3 is 17.7 Å². The molecule has 0 aliphatic heterocycles. The third-order valence-corrected chi connectivity index (χ3v) is 4.43. The monoisotopic (exact) mass is 291 g/mol. The van der Waals surface area contributed by atoms with E-state index in [-0.39, 0.29) is 51.4 Å². The van der Waals surface area contributed by atoms with Crippen molar-refractivity contribution >= 4 is 77.7 Å². The fourth-order valence-electron chi connectivity index (χ4n) is 0.955. The molecule has 0 fully saturated rings. The Balaban J connectivity index is 0. The van der Waals surface area contributed by atoms with E-state index in [0.717, 1.165) is 0 Å². The van der Waals surface area contributed by atoms with E-state index in [2.05, 4.69) is 0 Å². The van der Waals surface area contributed by atoms with Gasteiger partial charge in [-0.2, -0.15) is 0 Å². The van der Waals surface area contributed by atoms with Crippen molar-refractivity contribution in [3.05, 3.63) is 0 Å². The van der Waals surface area contributed by atoms with Gasteiger partial charge in [-0.25, -0.2) is 0 Å². The summed E-state index contributed by atoms with van der Waals surface area (Å²) in [6, 6.07) is 0. The number of hydrogen-bond acceptors (Lipinski definition) is 5. The average molecular weight is 292 g/mol. The number of rotatable bonds is 8. The Morgan fingerprint density at radius 2 is 1.31 bits per heavy atom. The second-order valence-corrected chi connectivity index (χ2v) is 5.15. The summed E-state index contributed by atoms with van der Waals surface area (Å²) in [5.41, 5.74) is 0. The minimum Gasteiger partial charge on any atom is -0.474 e. The first-order chi connectivity index (χ1) is 7.14. The topological polar surface area (TPSA) is 36.9 Å². The molecule has 7 heteroatoms. The fraction of sp³-hybridized carbons (Fsp3) is 0.889. The van der Waals surface area contributed by atoms with Crippen molar-refractivity contribution in [3.8, 4) is 0 Å². The smallest absolute Gasteiger partial charge is 0.474 e. The zero-order valence-electron chi connectivity index (χ0n) is 10.9. The molecule has 0 saturated carbocycles. The Bertz CT molecular complexity index is 177. The van der Waals surface area contributed by atoms with Gasteiger partial charge in [0.2, 0.25) is 0 Å². The van der Waals surface area contributed by atoms with Crippen LogP contribution in [0.15, 0.2) is 0 Å². The Labute approximate surface area is 147 Å². The number of hydrogen-bond donors (Lipinski definition) is 0. The van der Waals surface area contributed by atoms with Gasteiger partial charge in [-0.3, -0.25) is 0 Å². The predicted octanol–water partition coefficient (Wildman–Crippen LogP) is 1.90. The van der Waals surface area contributed by atoms with E-state index in [1.165, 1.54) is 0 Å². The first kappa shape index (κ1) is 20.0. The Morgan fingerprint density at radius 3 is 1.56 bits per heavy atom. The van der Waals surface area contributed by atoms with Crippen LogP contribution in [0, 0.1) is 0 Å². The van der Waals surface area contributed by atoms with Gasteiger partial charge in [0.25, 0.3) is 0 Å². The number of thiocarbonyl (C=S) groups is 1. The van der Waals surface area contributed by atoms with Crippen LogP contribution in [0.5, 0.6) is 0 Å². The molecule has 1 radical (unpaired) electrons. The second-order valence-electron chi connectivity index (χ2n) is 2.63. The van der Waals surface area contributed by atoms with Gasteiger partial charge in [-0.05, 0) is 33.0 Å². The molecule has 0 aliphatic carbocycles. The van der Waals surface area contributed by atoms with Gasteiger partial charge in [0.15, 0.2) is 0 Å². The summed E-state index contributed by atoms with van der Waals surface area (Å²) in [7, 11) is -3.02.